The lowest BCUT2D eigenvalue weighted by Crippen LogP contribution is -2.48. The number of carbonyl (C=O) groups is 2. The SMILES string of the molecule is COC(=O)c1cc(NC(=O)C2(C)CCCN2)c(F)cc1F. The fourth-order valence-electron chi connectivity index (χ4n) is 2.26. The second-order valence-electron chi connectivity index (χ2n) is 5.12. The van der Waals surface area contributed by atoms with Crippen LogP contribution in [0.1, 0.15) is 30.1 Å². The molecule has 1 unspecified atom stereocenters. The minimum Gasteiger partial charge on any atom is -0.465 e. The van der Waals surface area contributed by atoms with Crippen LogP contribution in [0.3, 0.4) is 0 Å². The Morgan fingerprint density at radius 1 is 1.33 bits per heavy atom. The van der Waals surface area contributed by atoms with Gasteiger partial charge in [0.05, 0.1) is 23.9 Å². The second kappa shape index (κ2) is 5.77. The first-order chi connectivity index (χ1) is 9.87. The van der Waals surface area contributed by atoms with E-state index in [1.165, 1.54) is 0 Å². The number of nitrogens with one attached hydrogen (secondary N) is 2. The Labute approximate surface area is 120 Å². The average molecular weight is 298 g/mol. The van der Waals surface area contributed by atoms with Crippen molar-refractivity contribution in [1.82, 2.24) is 5.32 Å². The van der Waals surface area contributed by atoms with E-state index in [1.54, 1.807) is 6.92 Å². The number of anilines is 1. The summed E-state index contributed by atoms with van der Waals surface area (Å²) in [6.07, 6.45) is 1.45. The van der Waals surface area contributed by atoms with Gasteiger partial charge in [0.2, 0.25) is 5.91 Å². The Hall–Kier alpha value is -2.02. The molecule has 0 aliphatic carbocycles. The Morgan fingerprint density at radius 3 is 2.62 bits per heavy atom. The summed E-state index contributed by atoms with van der Waals surface area (Å²) in [4.78, 5) is 23.6. The summed E-state index contributed by atoms with van der Waals surface area (Å²) < 4.78 is 31.7. The van der Waals surface area contributed by atoms with Gasteiger partial charge in [0, 0.05) is 6.07 Å². The fourth-order valence-corrected chi connectivity index (χ4v) is 2.26. The van der Waals surface area contributed by atoms with Gasteiger partial charge >= 0.3 is 5.97 Å². The normalized spacial score (nSPS) is 21.1. The Morgan fingerprint density at radius 2 is 2.05 bits per heavy atom. The summed E-state index contributed by atoms with van der Waals surface area (Å²) in [5.74, 6) is -3.35. The zero-order chi connectivity index (χ0) is 15.6. The Kier molecular flexibility index (Phi) is 4.22. The summed E-state index contributed by atoms with van der Waals surface area (Å²) >= 11 is 0. The highest BCUT2D eigenvalue weighted by molar-refractivity contribution is 5.99. The number of esters is 1. The lowest BCUT2D eigenvalue weighted by molar-refractivity contribution is -0.121. The van der Waals surface area contributed by atoms with E-state index in [2.05, 4.69) is 15.4 Å². The number of carbonyl (C=O) groups excluding carboxylic acids is 2. The van der Waals surface area contributed by atoms with Gasteiger partial charge in [-0.15, -0.1) is 0 Å². The van der Waals surface area contributed by atoms with Crippen LogP contribution in [0.15, 0.2) is 12.1 Å². The van der Waals surface area contributed by atoms with E-state index in [-0.39, 0.29) is 5.69 Å². The van der Waals surface area contributed by atoms with Crippen molar-refractivity contribution in [3.8, 4) is 0 Å². The number of hydrogen-bond acceptors (Lipinski definition) is 4. The van der Waals surface area contributed by atoms with E-state index in [9.17, 15) is 18.4 Å². The molecule has 1 heterocycles. The van der Waals surface area contributed by atoms with Crippen LogP contribution in [0.4, 0.5) is 14.5 Å². The minimum atomic E-state index is -1.04. The monoisotopic (exact) mass is 298 g/mol. The number of methoxy groups -OCH3 is 1. The first kappa shape index (κ1) is 15.4. The molecule has 1 amide bonds. The molecule has 1 aliphatic heterocycles. The molecule has 0 saturated carbocycles. The van der Waals surface area contributed by atoms with Gasteiger partial charge in [-0.05, 0) is 32.4 Å². The molecule has 0 bridgehead atoms. The predicted octanol–water partition coefficient (Wildman–Crippen LogP) is 1.83. The molecule has 1 aromatic rings. The molecule has 1 aliphatic rings. The van der Waals surface area contributed by atoms with E-state index in [1.807, 2.05) is 0 Å². The van der Waals surface area contributed by atoms with Crippen molar-refractivity contribution >= 4 is 17.6 Å². The van der Waals surface area contributed by atoms with E-state index in [4.69, 9.17) is 0 Å². The van der Waals surface area contributed by atoms with Gasteiger partial charge in [-0.2, -0.15) is 0 Å². The molecule has 1 fully saturated rings. The molecule has 114 valence electrons. The number of hydrogen-bond donors (Lipinski definition) is 2. The molecule has 2 N–H and O–H groups in total. The van der Waals surface area contributed by atoms with Crippen LogP contribution in [0.2, 0.25) is 0 Å². The van der Waals surface area contributed by atoms with Crippen LogP contribution in [-0.4, -0.2) is 31.1 Å². The molecule has 5 nitrogen and oxygen atoms in total. The minimum absolute atomic E-state index is 0.253. The first-order valence-electron chi connectivity index (χ1n) is 6.51. The van der Waals surface area contributed by atoms with Gasteiger partial charge in [-0.3, -0.25) is 4.79 Å². The van der Waals surface area contributed by atoms with E-state index in [0.29, 0.717) is 19.0 Å². The van der Waals surface area contributed by atoms with Crippen LogP contribution in [0.25, 0.3) is 0 Å². The van der Waals surface area contributed by atoms with Crippen LogP contribution < -0.4 is 10.6 Å². The summed E-state index contributed by atoms with van der Waals surface area (Å²) in [6, 6.07) is 1.49. The maximum absolute atomic E-state index is 13.7. The van der Waals surface area contributed by atoms with Crippen molar-refractivity contribution in [1.29, 1.82) is 0 Å². The van der Waals surface area contributed by atoms with Crippen LogP contribution in [0, 0.1) is 11.6 Å². The number of halogens is 2. The summed E-state index contributed by atoms with van der Waals surface area (Å²) in [7, 11) is 1.09. The predicted molar refractivity (Wildman–Crippen MR) is 72.0 cm³/mol. The van der Waals surface area contributed by atoms with Crippen LogP contribution in [0.5, 0.6) is 0 Å². The van der Waals surface area contributed by atoms with Gasteiger partial charge in [0.25, 0.3) is 0 Å². The second-order valence-corrected chi connectivity index (χ2v) is 5.12. The molecule has 1 atom stereocenters. The van der Waals surface area contributed by atoms with Crippen LogP contribution in [-0.2, 0) is 9.53 Å². The molecule has 1 saturated heterocycles. The van der Waals surface area contributed by atoms with E-state index >= 15 is 0 Å². The molecule has 1 aromatic carbocycles. The quantitative estimate of drug-likeness (QED) is 0.836. The van der Waals surface area contributed by atoms with Gasteiger partial charge in [-0.25, -0.2) is 13.6 Å². The third kappa shape index (κ3) is 3.02. The van der Waals surface area contributed by atoms with E-state index in [0.717, 1.165) is 19.6 Å². The number of amides is 1. The first-order valence-corrected chi connectivity index (χ1v) is 6.51. The lowest BCUT2D eigenvalue weighted by atomic mass is 9.99. The largest absolute Gasteiger partial charge is 0.465 e. The Bertz CT molecular complexity index is 584. The highest BCUT2D eigenvalue weighted by atomic mass is 19.1. The summed E-state index contributed by atoms with van der Waals surface area (Å²) in [6.45, 7) is 2.40. The maximum atomic E-state index is 13.7. The van der Waals surface area contributed by atoms with Crippen molar-refractivity contribution in [2.75, 3.05) is 19.0 Å². The van der Waals surface area contributed by atoms with Gasteiger partial charge in [-0.1, -0.05) is 0 Å². The van der Waals surface area contributed by atoms with Gasteiger partial charge in [0.15, 0.2) is 0 Å². The van der Waals surface area contributed by atoms with Crippen molar-refractivity contribution in [3.05, 3.63) is 29.3 Å². The molecular formula is C14H16F2N2O3. The van der Waals surface area contributed by atoms with Crippen molar-refractivity contribution in [2.45, 2.75) is 25.3 Å². The molecule has 0 radical (unpaired) electrons. The number of rotatable bonds is 3. The smallest absolute Gasteiger partial charge is 0.340 e. The highest BCUT2D eigenvalue weighted by Crippen LogP contribution is 2.24. The number of ether oxygens (including phenoxy) is 1. The van der Waals surface area contributed by atoms with Gasteiger partial charge in [0.1, 0.15) is 11.6 Å². The maximum Gasteiger partial charge on any atom is 0.340 e. The van der Waals surface area contributed by atoms with Crippen molar-refractivity contribution < 1.29 is 23.1 Å². The summed E-state index contributed by atoms with van der Waals surface area (Å²) in [5, 5.41) is 5.42. The standard InChI is InChI=1S/C14H16F2N2O3/c1-14(4-3-5-17-14)13(20)18-11-6-8(12(19)21-2)9(15)7-10(11)16/h6-7,17H,3-5H2,1-2H3,(H,18,20). The topological polar surface area (TPSA) is 67.4 Å². The number of benzene rings is 1. The molecule has 7 heteroatoms. The lowest BCUT2D eigenvalue weighted by Gasteiger charge is -2.23. The third-order valence-electron chi connectivity index (χ3n) is 3.58. The fraction of sp³-hybridized carbons (Fsp3) is 0.429. The van der Waals surface area contributed by atoms with E-state index < -0.39 is 34.6 Å². The highest BCUT2D eigenvalue weighted by Gasteiger charge is 2.36. The summed E-state index contributed by atoms with van der Waals surface area (Å²) in [5.41, 5.74) is -1.48. The third-order valence-corrected chi connectivity index (χ3v) is 3.58. The molecule has 0 aromatic heterocycles. The Balaban J connectivity index is 2.27. The van der Waals surface area contributed by atoms with Crippen molar-refractivity contribution in [2.24, 2.45) is 0 Å². The van der Waals surface area contributed by atoms with Crippen molar-refractivity contribution in [3.63, 3.8) is 0 Å². The molecule has 21 heavy (non-hydrogen) atoms. The van der Waals surface area contributed by atoms with Crippen LogP contribution >= 0.6 is 0 Å². The molecule has 2 rings (SSSR count). The zero-order valence-corrected chi connectivity index (χ0v) is 11.8. The average Bonchev–Trinajstić information content (AvgIpc) is 2.89. The zero-order valence-electron chi connectivity index (χ0n) is 11.8. The van der Waals surface area contributed by atoms with Gasteiger partial charge < -0.3 is 15.4 Å². The molecular weight excluding hydrogens is 282 g/mol. The molecule has 0 spiro atoms.